The molecule has 0 aromatic carbocycles. The number of ketones is 1. The van der Waals surface area contributed by atoms with Crippen molar-refractivity contribution in [2.24, 2.45) is 17.8 Å². The van der Waals surface area contributed by atoms with Crippen LogP contribution in [-0.2, 0) is 14.3 Å². The third-order valence-electron chi connectivity index (χ3n) is 2.68. The smallest absolute Gasteiger partial charge is 0.309 e. The fourth-order valence-corrected chi connectivity index (χ4v) is 1.34. The van der Waals surface area contributed by atoms with E-state index < -0.39 is 0 Å². The van der Waals surface area contributed by atoms with Gasteiger partial charge in [-0.05, 0) is 12.3 Å². The number of carbonyl (C=O) groups is 2. The summed E-state index contributed by atoms with van der Waals surface area (Å²) in [5.41, 5.74) is 0. The lowest BCUT2D eigenvalue weighted by molar-refractivity contribution is -0.152. The molecule has 94 valence electrons. The topological polar surface area (TPSA) is 43.4 Å². The summed E-state index contributed by atoms with van der Waals surface area (Å²) in [5.74, 6) is -0.350. The quantitative estimate of drug-likeness (QED) is 0.629. The van der Waals surface area contributed by atoms with E-state index >= 15 is 0 Å². The second-order valence-corrected chi connectivity index (χ2v) is 4.82. The van der Waals surface area contributed by atoms with Crippen LogP contribution in [-0.4, -0.2) is 18.4 Å². The number of hydrogen-bond donors (Lipinski definition) is 0. The molecule has 0 rings (SSSR count). The highest BCUT2D eigenvalue weighted by atomic mass is 16.5. The van der Waals surface area contributed by atoms with Crippen LogP contribution in [0.3, 0.4) is 0 Å². The fourth-order valence-electron chi connectivity index (χ4n) is 1.34. The van der Waals surface area contributed by atoms with Crippen LogP contribution in [0.4, 0.5) is 0 Å². The van der Waals surface area contributed by atoms with Gasteiger partial charge in [-0.3, -0.25) is 9.59 Å². The first kappa shape index (κ1) is 15.1. The Morgan fingerprint density at radius 1 is 1.06 bits per heavy atom. The minimum absolute atomic E-state index is 0.150. The average molecular weight is 228 g/mol. The molecule has 0 aromatic heterocycles. The van der Waals surface area contributed by atoms with Gasteiger partial charge in [-0.2, -0.15) is 0 Å². The number of rotatable bonds is 7. The molecule has 0 N–H and O–H groups in total. The number of ether oxygens (including phenoxy) is 1. The molecule has 3 heteroatoms. The van der Waals surface area contributed by atoms with E-state index in [-0.39, 0.29) is 23.6 Å². The summed E-state index contributed by atoms with van der Waals surface area (Å²) in [6.45, 7) is 9.94. The van der Waals surface area contributed by atoms with E-state index in [1.54, 1.807) is 13.8 Å². The molecule has 3 nitrogen and oxygen atoms in total. The van der Waals surface area contributed by atoms with Gasteiger partial charge < -0.3 is 4.74 Å². The first-order valence-electron chi connectivity index (χ1n) is 6.09. The Morgan fingerprint density at radius 2 is 1.62 bits per heavy atom. The Bertz CT molecular complexity index is 233. The third kappa shape index (κ3) is 5.29. The maximum atomic E-state index is 11.6. The summed E-state index contributed by atoms with van der Waals surface area (Å²) < 4.78 is 5.12. The predicted molar refractivity (Wildman–Crippen MR) is 64.0 cm³/mol. The van der Waals surface area contributed by atoms with Crippen molar-refractivity contribution in [1.82, 2.24) is 0 Å². The van der Waals surface area contributed by atoms with Gasteiger partial charge in [0.1, 0.15) is 5.78 Å². The molecule has 2 atom stereocenters. The number of carbonyl (C=O) groups excluding carboxylic acids is 2. The first-order chi connectivity index (χ1) is 7.40. The van der Waals surface area contributed by atoms with Crippen LogP contribution in [0.15, 0.2) is 0 Å². The highest BCUT2D eigenvalue weighted by Gasteiger charge is 2.26. The molecular formula is C13H24O3. The van der Waals surface area contributed by atoms with E-state index in [9.17, 15) is 9.59 Å². The molecule has 2 unspecified atom stereocenters. The standard InChI is InChI=1S/C13H24O3/c1-6-7-12(14)10(4)11(5)13(15)16-8-9(2)3/h9-11H,6-8H2,1-5H3. The van der Waals surface area contributed by atoms with Gasteiger partial charge in [0.25, 0.3) is 0 Å². The van der Waals surface area contributed by atoms with E-state index in [4.69, 9.17) is 4.74 Å². The summed E-state index contributed by atoms with van der Waals surface area (Å²) in [5, 5.41) is 0. The number of hydrogen-bond acceptors (Lipinski definition) is 3. The van der Waals surface area contributed by atoms with Crippen molar-refractivity contribution in [3.05, 3.63) is 0 Å². The Hall–Kier alpha value is -0.860. The van der Waals surface area contributed by atoms with Crippen molar-refractivity contribution in [2.75, 3.05) is 6.61 Å². The summed E-state index contributed by atoms with van der Waals surface area (Å²) in [7, 11) is 0. The van der Waals surface area contributed by atoms with Gasteiger partial charge in [0.05, 0.1) is 12.5 Å². The monoisotopic (exact) mass is 228 g/mol. The summed E-state index contributed by atoms with van der Waals surface area (Å²) in [4.78, 5) is 23.2. The zero-order chi connectivity index (χ0) is 12.7. The van der Waals surface area contributed by atoms with E-state index in [1.807, 2.05) is 20.8 Å². The lowest BCUT2D eigenvalue weighted by atomic mass is 9.90. The zero-order valence-corrected chi connectivity index (χ0v) is 11.1. The molecule has 0 saturated carbocycles. The zero-order valence-electron chi connectivity index (χ0n) is 11.1. The molecule has 0 bridgehead atoms. The Labute approximate surface area is 98.6 Å². The Morgan fingerprint density at radius 3 is 2.06 bits per heavy atom. The van der Waals surface area contributed by atoms with Crippen LogP contribution in [0.25, 0.3) is 0 Å². The van der Waals surface area contributed by atoms with E-state index in [1.165, 1.54) is 0 Å². The van der Waals surface area contributed by atoms with Gasteiger partial charge in [-0.15, -0.1) is 0 Å². The van der Waals surface area contributed by atoms with Gasteiger partial charge in [0, 0.05) is 12.3 Å². The highest BCUT2D eigenvalue weighted by Crippen LogP contribution is 2.16. The van der Waals surface area contributed by atoms with Crippen LogP contribution in [0.2, 0.25) is 0 Å². The Kier molecular flexibility index (Phi) is 7.02. The van der Waals surface area contributed by atoms with Crippen LogP contribution in [0.5, 0.6) is 0 Å². The molecule has 0 aliphatic rings. The van der Waals surface area contributed by atoms with Crippen molar-refractivity contribution in [2.45, 2.75) is 47.5 Å². The van der Waals surface area contributed by atoms with Crippen LogP contribution >= 0.6 is 0 Å². The first-order valence-corrected chi connectivity index (χ1v) is 6.09. The molecule has 0 aliphatic heterocycles. The second-order valence-electron chi connectivity index (χ2n) is 4.82. The van der Waals surface area contributed by atoms with E-state index in [2.05, 4.69) is 0 Å². The second kappa shape index (κ2) is 7.42. The molecule has 0 aliphatic carbocycles. The van der Waals surface area contributed by atoms with Gasteiger partial charge in [0.15, 0.2) is 0 Å². The van der Waals surface area contributed by atoms with Crippen molar-refractivity contribution in [1.29, 1.82) is 0 Å². The molecular weight excluding hydrogens is 204 g/mol. The van der Waals surface area contributed by atoms with Gasteiger partial charge in [0.2, 0.25) is 0 Å². The minimum Gasteiger partial charge on any atom is -0.465 e. The van der Waals surface area contributed by atoms with E-state index in [0.29, 0.717) is 18.9 Å². The molecule has 0 saturated heterocycles. The van der Waals surface area contributed by atoms with Crippen molar-refractivity contribution in [3.8, 4) is 0 Å². The lowest BCUT2D eigenvalue weighted by Gasteiger charge is -2.18. The normalized spacial score (nSPS) is 14.6. The van der Waals surface area contributed by atoms with Gasteiger partial charge >= 0.3 is 5.97 Å². The molecule has 0 radical (unpaired) electrons. The third-order valence-corrected chi connectivity index (χ3v) is 2.68. The summed E-state index contributed by atoms with van der Waals surface area (Å²) >= 11 is 0. The largest absolute Gasteiger partial charge is 0.465 e. The van der Waals surface area contributed by atoms with E-state index in [0.717, 1.165) is 6.42 Å². The Balaban J connectivity index is 4.15. The van der Waals surface area contributed by atoms with Crippen molar-refractivity contribution in [3.63, 3.8) is 0 Å². The van der Waals surface area contributed by atoms with Crippen LogP contribution in [0, 0.1) is 17.8 Å². The molecule has 0 aromatic rings. The van der Waals surface area contributed by atoms with Crippen molar-refractivity contribution < 1.29 is 14.3 Å². The molecule has 0 heterocycles. The maximum absolute atomic E-state index is 11.6. The van der Waals surface area contributed by atoms with Gasteiger partial charge in [-0.25, -0.2) is 0 Å². The molecule has 0 spiro atoms. The fraction of sp³-hybridized carbons (Fsp3) is 0.846. The summed E-state index contributed by atoms with van der Waals surface area (Å²) in [6.07, 6.45) is 1.37. The van der Waals surface area contributed by atoms with Gasteiger partial charge in [-0.1, -0.05) is 34.6 Å². The molecule has 0 fully saturated rings. The number of esters is 1. The van der Waals surface area contributed by atoms with Crippen LogP contribution < -0.4 is 0 Å². The predicted octanol–water partition coefficient (Wildman–Crippen LogP) is 2.83. The lowest BCUT2D eigenvalue weighted by Crippen LogP contribution is -2.28. The average Bonchev–Trinajstić information content (AvgIpc) is 2.23. The molecule has 0 amide bonds. The summed E-state index contributed by atoms with van der Waals surface area (Å²) in [6, 6.07) is 0. The molecule has 16 heavy (non-hydrogen) atoms. The maximum Gasteiger partial charge on any atom is 0.309 e. The van der Waals surface area contributed by atoms with Crippen LogP contribution in [0.1, 0.15) is 47.5 Å². The number of Topliss-reactive ketones (excluding diaryl/α,β-unsaturated/α-hetero) is 1. The highest BCUT2D eigenvalue weighted by molar-refractivity contribution is 5.86. The SMILES string of the molecule is CCCC(=O)C(C)C(C)C(=O)OCC(C)C. The van der Waals surface area contributed by atoms with Crippen molar-refractivity contribution >= 4 is 11.8 Å². The minimum atomic E-state index is -0.335.